The number of hydrogen-bond donors (Lipinski definition) is 1. The summed E-state index contributed by atoms with van der Waals surface area (Å²) in [5.74, 6) is 0.446. The van der Waals surface area contributed by atoms with Crippen LogP contribution >= 0.6 is 11.6 Å². The van der Waals surface area contributed by atoms with E-state index in [2.05, 4.69) is 5.32 Å². The van der Waals surface area contributed by atoms with Crippen molar-refractivity contribution in [3.05, 3.63) is 82.3 Å². The number of halogens is 1. The molecule has 0 saturated carbocycles. The number of nitrogens with one attached hydrogen (secondary N) is 1. The lowest BCUT2D eigenvalue weighted by Crippen LogP contribution is -2.53. The zero-order chi connectivity index (χ0) is 25.7. The predicted molar refractivity (Wildman–Crippen MR) is 131 cm³/mol. The van der Waals surface area contributed by atoms with Crippen molar-refractivity contribution in [2.45, 2.75) is 13.5 Å². The van der Waals surface area contributed by atoms with Gasteiger partial charge in [-0.2, -0.15) is 0 Å². The number of urea groups is 1. The third kappa shape index (κ3) is 5.69. The Bertz CT molecular complexity index is 1320. The molecule has 10 heteroatoms. The monoisotopic (exact) mass is 510 g/mol. The molecule has 36 heavy (non-hydrogen) atoms. The minimum Gasteiger partial charge on any atom is -0.493 e. The van der Waals surface area contributed by atoms with Crippen molar-refractivity contribution in [1.29, 1.82) is 0 Å². The SMILES string of the molecule is COc1cc(C=C2C(=O)NC(=O)N(Cc3ccco3)C2=O)ccc1OCCOc1ccc(Cl)c(C)c1. The molecule has 0 bridgehead atoms. The number of hydrogen-bond acceptors (Lipinski definition) is 7. The van der Waals surface area contributed by atoms with E-state index in [0.29, 0.717) is 40.2 Å². The molecule has 1 N–H and O–H groups in total. The molecule has 2 heterocycles. The van der Waals surface area contributed by atoms with Crippen LogP contribution in [0.5, 0.6) is 17.2 Å². The lowest BCUT2D eigenvalue weighted by molar-refractivity contribution is -0.130. The van der Waals surface area contributed by atoms with Crippen molar-refractivity contribution >= 4 is 35.5 Å². The van der Waals surface area contributed by atoms with Gasteiger partial charge in [0.1, 0.15) is 30.3 Å². The molecule has 1 fully saturated rings. The van der Waals surface area contributed by atoms with E-state index in [1.165, 1.54) is 19.4 Å². The van der Waals surface area contributed by atoms with Crippen LogP contribution in [0.15, 0.2) is 64.8 Å². The molecular weight excluding hydrogens is 488 g/mol. The number of furan rings is 1. The van der Waals surface area contributed by atoms with Gasteiger partial charge in [-0.15, -0.1) is 0 Å². The van der Waals surface area contributed by atoms with Gasteiger partial charge in [0.05, 0.1) is 19.9 Å². The summed E-state index contributed by atoms with van der Waals surface area (Å²) in [4.78, 5) is 38.3. The summed E-state index contributed by atoms with van der Waals surface area (Å²) in [7, 11) is 1.48. The average molecular weight is 511 g/mol. The van der Waals surface area contributed by atoms with Crippen molar-refractivity contribution in [3.63, 3.8) is 0 Å². The summed E-state index contributed by atoms with van der Waals surface area (Å²) < 4.78 is 22.1. The van der Waals surface area contributed by atoms with Gasteiger partial charge >= 0.3 is 6.03 Å². The molecule has 2 aromatic carbocycles. The molecule has 4 rings (SSSR count). The van der Waals surface area contributed by atoms with E-state index < -0.39 is 17.8 Å². The Kier molecular flexibility index (Phi) is 7.60. The van der Waals surface area contributed by atoms with Crippen LogP contribution in [-0.4, -0.2) is 43.1 Å². The highest BCUT2D eigenvalue weighted by atomic mass is 35.5. The van der Waals surface area contributed by atoms with E-state index in [9.17, 15) is 14.4 Å². The molecule has 3 aromatic rings. The third-order valence-electron chi connectivity index (χ3n) is 5.32. The van der Waals surface area contributed by atoms with E-state index in [4.69, 9.17) is 30.2 Å². The molecule has 1 saturated heterocycles. The second-order valence-electron chi connectivity index (χ2n) is 7.81. The van der Waals surface area contributed by atoms with Crippen LogP contribution in [0.25, 0.3) is 6.08 Å². The lowest BCUT2D eigenvalue weighted by Gasteiger charge is -2.25. The first-order valence-corrected chi connectivity index (χ1v) is 11.3. The molecule has 0 spiro atoms. The van der Waals surface area contributed by atoms with Crippen molar-refractivity contribution in [3.8, 4) is 17.2 Å². The van der Waals surface area contributed by atoms with Gasteiger partial charge in [-0.25, -0.2) is 4.79 Å². The van der Waals surface area contributed by atoms with Crippen molar-refractivity contribution in [2.24, 2.45) is 0 Å². The first kappa shape index (κ1) is 24.9. The normalized spacial score (nSPS) is 14.7. The third-order valence-corrected chi connectivity index (χ3v) is 5.74. The van der Waals surface area contributed by atoms with E-state index in [1.807, 2.05) is 13.0 Å². The minimum absolute atomic E-state index is 0.101. The largest absolute Gasteiger partial charge is 0.493 e. The van der Waals surface area contributed by atoms with E-state index in [1.54, 1.807) is 42.5 Å². The smallest absolute Gasteiger partial charge is 0.331 e. The molecule has 9 nitrogen and oxygen atoms in total. The van der Waals surface area contributed by atoms with Gasteiger partial charge in [-0.1, -0.05) is 17.7 Å². The van der Waals surface area contributed by atoms with E-state index >= 15 is 0 Å². The highest BCUT2D eigenvalue weighted by molar-refractivity contribution is 6.31. The fraction of sp³-hybridized carbons (Fsp3) is 0.192. The maximum Gasteiger partial charge on any atom is 0.331 e. The summed E-state index contributed by atoms with van der Waals surface area (Å²) in [6, 6.07) is 12.8. The number of carbonyl (C=O) groups excluding carboxylic acids is 3. The lowest BCUT2D eigenvalue weighted by atomic mass is 10.1. The Morgan fingerprint density at radius 2 is 1.83 bits per heavy atom. The zero-order valence-corrected chi connectivity index (χ0v) is 20.3. The number of methoxy groups -OCH3 is 1. The second kappa shape index (κ2) is 11.0. The summed E-state index contributed by atoms with van der Waals surface area (Å²) in [5, 5.41) is 2.85. The number of rotatable bonds is 9. The Morgan fingerprint density at radius 3 is 2.56 bits per heavy atom. The molecule has 1 aliphatic heterocycles. The molecule has 0 radical (unpaired) electrons. The maximum atomic E-state index is 12.9. The highest BCUT2D eigenvalue weighted by Gasteiger charge is 2.36. The van der Waals surface area contributed by atoms with Crippen molar-refractivity contribution < 1.29 is 33.0 Å². The number of imide groups is 2. The van der Waals surface area contributed by atoms with E-state index in [0.717, 1.165) is 10.5 Å². The van der Waals surface area contributed by atoms with Crippen LogP contribution in [0.3, 0.4) is 0 Å². The number of barbiturate groups is 1. The van der Waals surface area contributed by atoms with Gasteiger partial charge < -0.3 is 18.6 Å². The minimum atomic E-state index is -0.809. The summed E-state index contributed by atoms with van der Waals surface area (Å²) in [6.45, 7) is 2.34. The molecule has 1 aromatic heterocycles. The maximum absolute atomic E-state index is 12.9. The predicted octanol–water partition coefficient (Wildman–Crippen LogP) is 4.37. The Hall–Kier alpha value is -4.24. The van der Waals surface area contributed by atoms with Gasteiger partial charge in [-0.3, -0.25) is 19.8 Å². The van der Waals surface area contributed by atoms with Crippen LogP contribution in [0.1, 0.15) is 16.9 Å². The summed E-state index contributed by atoms with van der Waals surface area (Å²) >= 11 is 6.03. The number of ether oxygens (including phenoxy) is 3. The number of amides is 4. The summed E-state index contributed by atoms with van der Waals surface area (Å²) in [5.41, 5.74) is 1.24. The highest BCUT2D eigenvalue weighted by Crippen LogP contribution is 2.30. The van der Waals surface area contributed by atoms with Gasteiger partial charge in [0.15, 0.2) is 11.5 Å². The Morgan fingerprint density at radius 1 is 1.03 bits per heavy atom. The molecule has 0 aliphatic carbocycles. The fourth-order valence-electron chi connectivity index (χ4n) is 3.47. The van der Waals surface area contributed by atoms with Crippen molar-refractivity contribution in [1.82, 2.24) is 10.2 Å². The van der Waals surface area contributed by atoms with E-state index in [-0.39, 0.29) is 18.7 Å². The van der Waals surface area contributed by atoms with Gasteiger partial charge in [-0.05, 0) is 66.6 Å². The number of carbonyl (C=O) groups is 3. The molecule has 186 valence electrons. The van der Waals surface area contributed by atoms with Crippen molar-refractivity contribution in [2.75, 3.05) is 20.3 Å². The Balaban J connectivity index is 1.43. The number of nitrogens with zero attached hydrogens (tertiary/aromatic N) is 1. The molecule has 0 atom stereocenters. The van der Waals surface area contributed by atoms with Crippen LogP contribution in [0.4, 0.5) is 4.79 Å². The first-order chi connectivity index (χ1) is 17.4. The summed E-state index contributed by atoms with van der Waals surface area (Å²) in [6.07, 6.45) is 2.82. The average Bonchev–Trinajstić information content (AvgIpc) is 3.38. The number of benzene rings is 2. The van der Waals surface area contributed by atoms with Crippen LogP contribution < -0.4 is 19.5 Å². The topological polar surface area (TPSA) is 107 Å². The van der Waals surface area contributed by atoms with Gasteiger partial charge in [0.2, 0.25) is 0 Å². The second-order valence-corrected chi connectivity index (χ2v) is 8.21. The molecule has 4 amide bonds. The molecule has 0 unspecified atom stereocenters. The molecular formula is C26H23ClN2O7. The quantitative estimate of drug-likeness (QED) is 0.259. The van der Waals surface area contributed by atoms with Gasteiger partial charge in [0, 0.05) is 5.02 Å². The molecule has 1 aliphatic rings. The van der Waals surface area contributed by atoms with Crippen LogP contribution in [0, 0.1) is 6.92 Å². The van der Waals surface area contributed by atoms with Crippen LogP contribution in [-0.2, 0) is 16.1 Å². The van der Waals surface area contributed by atoms with Gasteiger partial charge in [0.25, 0.3) is 11.8 Å². The number of aryl methyl sites for hydroxylation is 1. The first-order valence-electron chi connectivity index (χ1n) is 11.0. The fourth-order valence-corrected chi connectivity index (χ4v) is 3.59. The zero-order valence-electron chi connectivity index (χ0n) is 19.6. The van der Waals surface area contributed by atoms with Crippen LogP contribution in [0.2, 0.25) is 5.02 Å². The standard InChI is InChI=1S/C26H23ClN2O7/c1-16-12-18(6-7-21(16)27)35-10-11-36-22-8-5-17(14-23(22)33-2)13-20-24(30)28-26(32)29(25(20)31)15-19-4-3-9-34-19/h3-9,12-14H,10-11,15H2,1-2H3,(H,28,30,32). The Labute approximate surface area is 212 Å².